The third-order valence-corrected chi connectivity index (χ3v) is 6.81. The van der Waals surface area contributed by atoms with Crippen molar-refractivity contribution in [3.8, 4) is 34.1 Å². The molecule has 0 radical (unpaired) electrons. The van der Waals surface area contributed by atoms with E-state index in [9.17, 15) is 22.8 Å². The molecule has 0 unspecified atom stereocenters. The third-order valence-electron chi connectivity index (χ3n) is 6.81. The van der Waals surface area contributed by atoms with Crippen LogP contribution >= 0.6 is 0 Å². The number of hydrogen-bond donors (Lipinski definition) is 2. The largest absolute Gasteiger partial charge is 0.450 e. The van der Waals surface area contributed by atoms with E-state index in [-0.39, 0.29) is 45.7 Å². The Labute approximate surface area is 247 Å². The Hall–Kier alpha value is -5.65. The lowest BCUT2D eigenvalue weighted by Crippen LogP contribution is -2.25. The molecule has 12 heteroatoms. The number of anilines is 3. The molecule has 0 aliphatic carbocycles. The minimum absolute atomic E-state index is 0.00298. The molecule has 3 heterocycles. The van der Waals surface area contributed by atoms with Crippen molar-refractivity contribution >= 4 is 23.1 Å². The van der Waals surface area contributed by atoms with Crippen LogP contribution in [-0.4, -0.2) is 15.5 Å². The minimum Gasteiger partial charge on any atom is -0.450 e. The van der Waals surface area contributed by atoms with Crippen LogP contribution in [0.1, 0.15) is 30.2 Å². The molecule has 0 fully saturated rings. The van der Waals surface area contributed by atoms with E-state index < -0.39 is 34.6 Å². The standard InChI is InChI=1S/C32H22F4N4O4/c1-16(2)40-14-19(17-11-22(34)28(36)23(35)12-17)29(41)20(15-40)32(42)38-18-7-8-25(21(33)13-18)43-27-9-10-37-31-30(27)44-26-6-4-3-5-24(26)39-31/h3-16H,1-2H3,(H,37,39)(H,38,42). The number of carbonyl (C=O) groups is 1. The van der Waals surface area contributed by atoms with Crippen LogP contribution in [-0.2, 0) is 0 Å². The first-order valence-electron chi connectivity index (χ1n) is 13.3. The second-order valence-corrected chi connectivity index (χ2v) is 10.1. The van der Waals surface area contributed by atoms with Crippen molar-refractivity contribution in [1.82, 2.24) is 9.55 Å². The van der Waals surface area contributed by atoms with Gasteiger partial charge in [0.25, 0.3) is 5.91 Å². The maximum Gasteiger partial charge on any atom is 0.261 e. The van der Waals surface area contributed by atoms with E-state index in [2.05, 4.69) is 15.6 Å². The zero-order valence-electron chi connectivity index (χ0n) is 23.1. The van der Waals surface area contributed by atoms with E-state index >= 15 is 4.39 Å². The molecule has 5 aromatic rings. The van der Waals surface area contributed by atoms with E-state index in [1.807, 2.05) is 12.1 Å². The highest BCUT2D eigenvalue weighted by molar-refractivity contribution is 6.04. The van der Waals surface area contributed by atoms with Gasteiger partial charge in [0, 0.05) is 48.0 Å². The Morgan fingerprint density at radius 3 is 2.43 bits per heavy atom. The fraction of sp³-hybridized carbons (Fsp3) is 0.0938. The lowest BCUT2D eigenvalue weighted by molar-refractivity contribution is 0.102. The maximum atomic E-state index is 15.2. The zero-order valence-corrected chi connectivity index (χ0v) is 23.1. The predicted molar refractivity (Wildman–Crippen MR) is 155 cm³/mol. The summed E-state index contributed by atoms with van der Waals surface area (Å²) in [7, 11) is 0. The molecule has 0 saturated carbocycles. The number of para-hydroxylation sites is 2. The lowest BCUT2D eigenvalue weighted by atomic mass is 10.0. The fourth-order valence-corrected chi connectivity index (χ4v) is 4.55. The van der Waals surface area contributed by atoms with Gasteiger partial charge >= 0.3 is 0 Å². The molecule has 8 nitrogen and oxygen atoms in total. The number of hydrogen-bond acceptors (Lipinski definition) is 6. The van der Waals surface area contributed by atoms with E-state index in [0.717, 1.165) is 6.07 Å². The summed E-state index contributed by atoms with van der Waals surface area (Å²) in [4.78, 5) is 30.7. The summed E-state index contributed by atoms with van der Waals surface area (Å²) in [6, 6.07) is 13.5. The van der Waals surface area contributed by atoms with Gasteiger partial charge in [0.05, 0.1) is 5.69 Å². The monoisotopic (exact) mass is 602 g/mol. The molecule has 1 amide bonds. The van der Waals surface area contributed by atoms with Crippen LogP contribution in [0.4, 0.5) is 34.8 Å². The summed E-state index contributed by atoms with van der Waals surface area (Å²) >= 11 is 0. The number of rotatable bonds is 6. The molecule has 222 valence electrons. The highest BCUT2D eigenvalue weighted by atomic mass is 19.2. The highest BCUT2D eigenvalue weighted by Gasteiger charge is 2.23. The SMILES string of the molecule is CC(C)n1cc(C(=O)Nc2ccc(Oc3ccnc4c3Oc3ccccc3N4)c(F)c2)c(=O)c(-c2cc(F)c(F)c(F)c2)c1. The third kappa shape index (κ3) is 5.33. The van der Waals surface area contributed by atoms with Crippen LogP contribution in [0.3, 0.4) is 0 Å². The Kier molecular flexibility index (Phi) is 7.25. The topological polar surface area (TPSA) is 94.5 Å². The molecule has 0 saturated heterocycles. The van der Waals surface area contributed by atoms with Crippen LogP contribution in [0, 0.1) is 23.3 Å². The zero-order chi connectivity index (χ0) is 31.1. The van der Waals surface area contributed by atoms with Crippen molar-refractivity contribution < 1.29 is 31.8 Å². The Bertz CT molecular complexity index is 1990. The number of fused-ring (bicyclic) bond motifs is 2. The summed E-state index contributed by atoms with van der Waals surface area (Å²) in [5.41, 5.74) is -0.997. The van der Waals surface area contributed by atoms with Crippen molar-refractivity contribution in [2.75, 3.05) is 10.6 Å². The first kappa shape index (κ1) is 28.5. The molecule has 0 spiro atoms. The molecule has 2 N–H and O–H groups in total. The van der Waals surface area contributed by atoms with Gasteiger partial charge in [-0.2, -0.15) is 0 Å². The summed E-state index contributed by atoms with van der Waals surface area (Å²) < 4.78 is 69.8. The van der Waals surface area contributed by atoms with Crippen LogP contribution in [0.25, 0.3) is 11.1 Å². The normalized spacial score (nSPS) is 11.7. The Morgan fingerprint density at radius 2 is 1.70 bits per heavy atom. The van der Waals surface area contributed by atoms with Crippen molar-refractivity contribution in [3.05, 3.63) is 118 Å². The highest BCUT2D eigenvalue weighted by Crippen LogP contribution is 2.46. The van der Waals surface area contributed by atoms with Gasteiger partial charge in [0.2, 0.25) is 11.2 Å². The van der Waals surface area contributed by atoms with Crippen molar-refractivity contribution in [3.63, 3.8) is 0 Å². The summed E-state index contributed by atoms with van der Waals surface area (Å²) in [6.45, 7) is 3.52. The molecule has 0 atom stereocenters. The van der Waals surface area contributed by atoms with E-state index in [1.54, 1.807) is 26.0 Å². The number of amides is 1. The van der Waals surface area contributed by atoms with Gasteiger partial charge in [-0.25, -0.2) is 22.5 Å². The number of benzene rings is 3. The average Bonchev–Trinajstić information content (AvgIpc) is 3.00. The van der Waals surface area contributed by atoms with Crippen LogP contribution < -0.4 is 25.5 Å². The first-order chi connectivity index (χ1) is 21.1. The summed E-state index contributed by atoms with van der Waals surface area (Å²) in [5.74, 6) is -5.20. The molecule has 1 aliphatic rings. The second-order valence-electron chi connectivity index (χ2n) is 10.1. The maximum absolute atomic E-state index is 15.2. The van der Waals surface area contributed by atoms with Gasteiger partial charge < -0.3 is 24.7 Å². The number of ether oxygens (including phenoxy) is 2. The Balaban J connectivity index is 1.26. The van der Waals surface area contributed by atoms with Crippen molar-refractivity contribution in [1.29, 1.82) is 0 Å². The average molecular weight is 603 g/mol. The summed E-state index contributed by atoms with van der Waals surface area (Å²) in [6.07, 6.45) is 4.06. The fourth-order valence-electron chi connectivity index (χ4n) is 4.55. The van der Waals surface area contributed by atoms with Gasteiger partial charge in [0.1, 0.15) is 5.56 Å². The van der Waals surface area contributed by atoms with E-state index in [0.29, 0.717) is 29.4 Å². The number of aromatic nitrogens is 2. The molecule has 3 aromatic carbocycles. The van der Waals surface area contributed by atoms with Crippen molar-refractivity contribution in [2.45, 2.75) is 19.9 Å². The van der Waals surface area contributed by atoms with Crippen molar-refractivity contribution in [2.24, 2.45) is 0 Å². The predicted octanol–water partition coefficient (Wildman–Crippen LogP) is 7.94. The van der Waals surface area contributed by atoms with Crippen LogP contribution in [0.15, 0.2) is 84.0 Å². The van der Waals surface area contributed by atoms with E-state index in [1.165, 1.54) is 41.4 Å². The van der Waals surface area contributed by atoms with Gasteiger partial charge in [-0.1, -0.05) is 12.1 Å². The molecular formula is C32H22F4N4O4. The number of nitrogens with zero attached hydrogens (tertiary/aromatic N) is 2. The number of nitrogens with one attached hydrogen (secondary N) is 2. The molecule has 2 aromatic heterocycles. The second kappa shape index (κ2) is 11.2. The van der Waals surface area contributed by atoms with Gasteiger partial charge in [-0.15, -0.1) is 0 Å². The quantitative estimate of drug-likeness (QED) is 0.149. The van der Waals surface area contributed by atoms with Crippen LogP contribution in [0.2, 0.25) is 0 Å². The molecule has 44 heavy (non-hydrogen) atoms. The molecular weight excluding hydrogens is 580 g/mol. The molecule has 1 aliphatic heterocycles. The molecule has 6 rings (SSSR count). The smallest absolute Gasteiger partial charge is 0.261 e. The minimum atomic E-state index is -1.68. The number of carbonyl (C=O) groups excluding carboxylic acids is 1. The Morgan fingerprint density at radius 1 is 0.955 bits per heavy atom. The van der Waals surface area contributed by atoms with E-state index in [4.69, 9.17) is 9.47 Å². The number of halogens is 4. The lowest BCUT2D eigenvalue weighted by Gasteiger charge is -2.22. The van der Waals surface area contributed by atoms with Gasteiger partial charge in [0.15, 0.2) is 46.3 Å². The number of pyridine rings is 2. The van der Waals surface area contributed by atoms with Gasteiger partial charge in [-0.3, -0.25) is 9.59 Å². The first-order valence-corrected chi connectivity index (χ1v) is 13.3. The van der Waals surface area contributed by atoms with Crippen LogP contribution in [0.5, 0.6) is 23.0 Å². The summed E-state index contributed by atoms with van der Waals surface area (Å²) in [5, 5.41) is 5.59. The van der Waals surface area contributed by atoms with Gasteiger partial charge in [-0.05, 0) is 55.8 Å². The molecule has 0 bridgehead atoms.